The molecule has 0 atom stereocenters. The van der Waals surface area contributed by atoms with Crippen LogP contribution in [0.3, 0.4) is 0 Å². The molecule has 0 saturated carbocycles. The molecule has 0 saturated heterocycles. The summed E-state index contributed by atoms with van der Waals surface area (Å²) in [4.78, 5) is 0. The van der Waals surface area contributed by atoms with Crippen LogP contribution in [0.4, 0.5) is 0 Å². The molecular formula is C40H24S. The molecule has 9 rings (SSSR count). The highest BCUT2D eigenvalue weighted by Crippen LogP contribution is 2.49. The maximum atomic E-state index is 2.43. The van der Waals surface area contributed by atoms with Gasteiger partial charge in [-0.05, 0) is 83.9 Å². The molecule has 0 aliphatic rings. The molecule has 0 amide bonds. The van der Waals surface area contributed by atoms with Crippen LogP contribution in [0.2, 0.25) is 0 Å². The van der Waals surface area contributed by atoms with Crippen LogP contribution < -0.4 is 0 Å². The molecule has 0 unspecified atom stereocenters. The molecule has 0 radical (unpaired) electrons. The summed E-state index contributed by atoms with van der Waals surface area (Å²) in [6, 6.07) is 53.6. The van der Waals surface area contributed by atoms with Crippen molar-refractivity contribution >= 4 is 63.8 Å². The average molecular weight is 537 g/mol. The van der Waals surface area contributed by atoms with Crippen LogP contribution in [0, 0.1) is 0 Å². The van der Waals surface area contributed by atoms with E-state index < -0.39 is 0 Å². The van der Waals surface area contributed by atoms with Crippen molar-refractivity contribution in [2.75, 3.05) is 0 Å². The molecule has 0 fully saturated rings. The van der Waals surface area contributed by atoms with Crippen LogP contribution in [-0.4, -0.2) is 0 Å². The molecule has 0 N–H and O–H groups in total. The third-order valence-electron chi connectivity index (χ3n) is 8.63. The fourth-order valence-corrected chi connectivity index (χ4v) is 8.03. The molecule has 41 heavy (non-hydrogen) atoms. The Morgan fingerprint density at radius 1 is 0.341 bits per heavy atom. The van der Waals surface area contributed by atoms with E-state index in [-0.39, 0.29) is 0 Å². The summed E-state index contributed by atoms with van der Waals surface area (Å²) in [6.07, 6.45) is 0. The number of hydrogen-bond donors (Lipinski definition) is 0. The van der Waals surface area contributed by atoms with Crippen LogP contribution in [-0.2, 0) is 0 Å². The summed E-state index contributed by atoms with van der Waals surface area (Å²) in [5.74, 6) is 0. The number of hydrogen-bond acceptors (Lipinski definition) is 1. The lowest BCUT2D eigenvalue weighted by Crippen LogP contribution is -1.92. The highest BCUT2D eigenvalue weighted by atomic mass is 32.1. The van der Waals surface area contributed by atoms with Crippen molar-refractivity contribution in [1.82, 2.24) is 0 Å². The Hall–Kier alpha value is -4.98. The van der Waals surface area contributed by atoms with Gasteiger partial charge in [-0.2, -0.15) is 0 Å². The van der Waals surface area contributed by atoms with E-state index in [1.165, 1.54) is 85.9 Å². The molecule has 9 aromatic rings. The minimum atomic E-state index is 1.24. The van der Waals surface area contributed by atoms with Gasteiger partial charge in [0.1, 0.15) is 0 Å². The monoisotopic (exact) mass is 536 g/mol. The Morgan fingerprint density at radius 2 is 0.854 bits per heavy atom. The van der Waals surface area contributed by atoms with Gasteiger partial charge in [0.05, 0.1) is 0 Å². The van der Waals surface area contributed by atoms with E-state index in [4.69, 9.17) is 0 Å². The largest absolute Gasteiger partial charge is 0.135 e. The molecule has 8 aromatic carbocycles. The van der Waals surface area contributed by atoms with Gasteiger partial charge in [0, 0.05) is 20.2 Å². The summed E-state index contributed by atoms with van der Waals surface area (Å²) in [7, 11) is 0. The predicted molar refractivity (Wildman–Crippen MR) is 179 cm³/mol. The summed E-state index contributed by atoms with van der Waals surface area (Å²) in [5.41, 5.74) is 7.65. The van der Waals surface area contributed by atoms with Gasteiger partial charge in [0.15, 0.2) is 0 Å². The molecular weight excluding hydrogens is 513 g/mol. The van der Waals surface area contributed by atoms with Gasteiger partial charge in [-0.3, -0.25) is 0 Å². The van der Waals surface area contributed by atoms with Crippen molar-refractivity contribution in [3.05, 3.63) is 146 Å². The maximum Gasteiger partial charge on any atom is 0.0361 e. The lowest BCUT2D eigenvalue weighted by Gasteiger charge is -2.19. The normalized spacial score (nSPS) is 11.9. The zero-order valence-electron chi connectivity index (χ0n) is 22.3. The van der Waals surface area contributed by atoms with Crippen molar-refractivity contribution in [3.8, 4) is 33.4 Å². The topological polar surface area (TPSA) is 0 Å². The minimum absolute atomic E-state index is 1.24. The standard InChI is InChI=1S/C40H24S/c1-2-10-25(11-3-1)26-20-22-27(23-21-26)37-29-13-4-6-15-31(29)39(32-16-7-5-14-30(32)37)34-24-28-12-8-18-35-38(28)40-33(34)17-9-19-36(40)41-35/h1-24H. The Kier molecular flexibility index (Phi) is 4.87. The molecule has 1 heteroatoms. The molecule has 1 heterocycles. The first-order valence-electron chi connectivity index (χ1n) is 14.1. The molecule has 1 aromatic heterocycles. The second kappa shape index (κ2) is 8.76. The summed E-state index contributed by atoms with van der Waals surface area (Å²) in [6.45, 7) is 0. The van der Waals surface area contributed by atoms with Gasteiger partial charge >= 0.3 is 0 Å². The molecule has 0 aliphatic heterocycles. The number of benzene rings is 8. The number of fused-ring (bicyclic) bond motifs is 2. The molecule has 190 valence electrons. The summed E-state index contributed by atoms with van der Waals surface area (Å²) >= 11 is 1.90. The second-order valence-electron chi connectivity index (χ2n) is 10.8. The van der Waals surface area contributed by atoms with Crippen LogP contribution in [0.15, 0.2) is 146 Å². The quantitative estimate of drug-likeness (QED) is 0.156. The SMILES string of the molecule is c1ccc(-c2ccc(-c3c4ccccc4c(-c4cc5cccc6sc7cccc4c7c56)c4ccccc34)cc2)cc1. The smallest absolute Gasteiger partial charge is 0.0361 e. The fraction of sp³-hybridized carbons (Fsp3) is 0. The van der Waals surface area contributed by atoms with Gasteiger partial charge in [0.25, 0.3) is 0 Å². The predicted octanol–water partition coefficient (Wildman–Crippen LogP) is 12.0. The van der Waals surface area contributed by atoms with E-state index in [1.54, 1.807) is 0 Å². The Labute approximate surface area is 242 Å². The zero-order valence-corrected chi connectivity index (χ0v) is 23.1. The van der Waals surface area contributed by atoms with Gasteiger partial charge in [0.2, 0.25) is 0 Å². The second-order valence-corrected chi connectivity index (χ2v) is 11.9. The van der Waals surface area contributed by atoms with E-state index in [2.05, 4.69) is 146 Å². The number of rotatable bonds is 3. The molecule has 0 aliphatic carbocycles. The van der Waals surface area contributed by atoms with Crippen LogP contribution in [0.1, 0.15) is 0 Å². The Morgan fingerprint density at radius 3 is 1.54 bits per heavy atom. The fourth-order valence-electron chi connectivity index (χ4n) is 6.87. The van der Waals surface area contributed by atoms with Crippen molar-refractivity contribution in [2.24, 2.45) is 0 Å². The van der Waals surface area contributed by atoms with Gasteiger partial charge in [-0.1, -0.05) is 127 Å². The Balaban J connectivity index is 1.38. The third kappa shape index (κ3) is 3.33. The maximum absolute atomic E-state index is 2.43. The van der Waals surface area contributed by atoms with Crippen molar-refractivity contribution in [1.29, 1.82) is 0 Å². The molecule has 0 nitrogen and oxygen atoms in total. The van der Waals surface area contributed by atoms with Crippen molar-refractivity contribution < 1.29 is 0 Å². The first kappa shape index (κ1) is 22.8. The Bertz CT molecular complexity index is 2340. The van der Waals surface area contributed by atoms with E-state index >= 15 is 0 Å². The van der Waals surface area contributed by atoms with Gasteiger partial charge < -0.3 is 0 Å². The van der Waals surface area contributed by atoms with Crippen molar-refractivity contribution in [2.45, 2.75) is 0 Å². The summed E-state index contributed by atoms with van der Waals surface area (Å²) < 4.78 is 2.73. The van der Waals surface area contributed by atoms with Gasteiger partial charge in [-0.15, -0.1) is 11.3 Å². The van der Waals surface area contributed by atoms with E-state index in [0.717, 1.165) is 0 Å². The zero-order chi connectivity index (χ0) is 26.9. The molecule has 0 spiro atoms. The van der Waals surface area contributed by atoms with Gasteiger partial charge in [-0.25, -0.2) is 0 Å². The minimum Gasteiger partial charge on any atom is -0.135 e. The number of thiophene rings is 1. The first-order chi connectivity index (χ1) is 20.3. The van der Waals surface area contributed by atoms with E-state index in [0.29, 0.717) is 0 Å². The third-order valence-corrected chi connectivity index (χ3v) is 9.75. The molecule has 0 bridgehead atoms. The van der Waals surface area contributed by atoms with Crippen LogP contribution >= 0.6 is 11.3 Å². The lowest BCUT2D eigenvalue weighted by atomic mass is 9.83. The average Bonchev–Trinajstić information content (AvgIpc) is 3.43. The highest BCUT2D eigenvalue weighted by molar-refractivity contribution is 7.26. The lowest BCUT2D eigenvalue weighted by molar-refractivity contribution is 1.61. The van der Waals surface area contributed by atoms with E-state index in [9.17, 15) is 0 Å². The highest BCUT2D eigenvalue weighted by Gasteiger charge is 2.20. The van der Waals surface area contributed by atoms with Crippen LogP contribution in [0.25, 0.3) is 85.9 Å². The first-order valence-corrected chi connectivity index (χ1v) is 14.9. The van der Waals surface area contributed by atoms with Crippen LogP contribution in [0.5, 0.6) is 0 Å². The summed E-state index contributed by atoms with van der Waals surface area (Å²) in [5, 5.41) is 10.6. The van der Waals surface area contributed by atoms with E-state index in [1.807, 2.05) is 11.3 Å². The van der Waals surface area contributed by atoms with Crippen molar-refractivity contribution in [3.63, 3.8) is 0 Å².